The first-order chi connectivity index (χ1) is 14.5. The number of nitrogens with one attached hydrogen (secondary N) is 1. The van der Waals surface area contributed by atoms with E-state index in [0.717, 1.165) is 5.69 Å². The number of morpholine rings is 1. The number of hydrogen-bond acceptors (Lipinski definition) is 6. The Morgan fingerprint density at radius 2 is 1.90 bits per heavy atom. The summed E-state index contributed by atoms with van der Waals surface area (Å²) in [6, 6.07) is 9.52. The zero-order valence-electron chi connectivity index (χ0n) is 16.6. The second-order valence-corrected chi connectivity index (χ2v) is 8.44. The molecule has 1 aromatic heterocycles. The van der Waals surface area contributed by atoms with Crippen LogP contribution in [0.2, 0.25) is 0 Å². The number of aromatic nitrogens is 1. The molecule has 0 radical (unpaired) electrons. The highest BCUT2D eigenvalue weighted by Crippen LogP contribution is 2.17. The van der Waals surface area contributed by atoms with Crippen molar-refractivity contribution in [2.75, 3.05) is 39.5 Å². The van der Waals surface area contributed by atoms with E-state index in [1.807, 2.05) is 19.1 Å². The van der Waals surface area contributed by atoms with Gasteiger partial charge < -0.3 is 14.8 Å². The second-order valence-electron chi connectivity index (χ2n) is 6.50. The Morgan fingerprint density at radius 1 is 1.17 bits per heavy atom. The maximum atomic E-state index is 12.6. The van der Waals surface area contributed by atoms with Crippen LogP contribution in [0, 0.1) is 18.8 Å². The van der Waals surface area contributed by atoms with Gasteiger partial charge in [0.2, 0.25) is 10.0 Å². The van der Waals surface area contributed by atoms with E-state index in [1.54, 1.807) is 6.20 Å². The molecule has 1 saturated heterocycles. The Kier molecular flexibility index (Phi) is 7.41. The third-order valence-electron chi connectivity index (χ3n) is 4.38. The van der Waals surface area contributed by atoms with Crippen LogP contribution >= 0.6 is 0 Å². The van der Waals surface area contributed by atoms with Crippen LogP contribution in [0.4, 0.5) is 0 Å². The first kappa shape index (κ1) is 21.8. The number of carbonyl (C=O) groups is 1. The molecule has 1 fully saturated rings. The quantitative estimate of drug-likeness (QED) is 0.694. The van der Waals surface area contributed by atoms with E-state index >= 15 is 0 Å². The molecule has 0 spiro atoms. The fourth-order valence-corrected chi connectivity index (χ4v) is 4.12. The molecular weight excluding hydrogens is 406 g/mol. The molecule has 30 heavy (non-hydrogen) atoms. The standard InChI is InChI=1S/C21H23N3O5S/c1-17-4-7-19(16-23-17)29-13-3-2-10-22-21(25)18-5-8-20(9-6-18)30(26,27)24-11-14-28-15-12-24/h4-9,16H,10-15H2,1H3,(H,22,25). The van der Waals surface area contributed by atoms with Crippen LogP contribution in [-0.2, 0) is 14.8 Å². The average Bonchev–Trinajstić information content (AvgIpc) is 2.78. The van der Waals surface area contributed by atoms with E-state index in [0.29, 0.717) is 37.6 Å². The lowest BCUT2D eigenvalue weighted by atomic mass is 10.2. The summed E-state index contributed by atoms with van der Waals surface area (Å²) in [6.45, 7) is 3.65. The highest BCUT2D eigenvalue weighted by Gasteiger charge is 2.26. The second kappa shape index (κ2) is 10.2. The van der Waals surface area contributed by atoms with Crippen molar-refractivity contribution in [1.29, 1.82) is 0 Å². The van der Waals surface area contributed by atoms with Gasteiger partial charge in [0.25, 0.3) is 5.91 Å². The SMILES string of the molecule is Cc1ccc(OCC#CCNC(=O)c2ccc(S(=O)(=O)N3CCOCC3)cc2)cn1. The van der Waals surface area contributed by atoms with Crippen LogP contribution in [-0.4, -0.2) is 63.1 Å². The Hall–Kier alpha value is -2.93. The number of nitrogens with zero attached hydrogens (tertiary/aromatic N) is 2. The topological polar surface area (TPSA) is 97.8 Å². The summed E-state index contributed by atoms with van der Waals surface area (Å²) in [5.74, 6) is 5.92. The van der Waals surface area contributed by atoms with Gasteiger partial charge in [0.15, 0.2) is 0 Å². The number of rotatable bonds is 6. The van der Waals surface area contributed by atoms with Gasteiger partial charge in [-0.1, -0.05) is 11.8 Å². The lowest BCUT2D eigenvalue weighted by Crippen LogP contribution is -2.40. The number of hydrogen-bond donors (Lipinski definition) is 1. The lowest BCUT2D eigenvalue weighted by molar-refractivity contribution is 0.0730. The van der Waals surface area contributed by atoms with Crippen LogP contribution < -0.4 is 10.1 Å². The fourth-order valence-electron chi connectivity index (χ4n) is 2.71. The van der Waals surface area contributed by atoms with Crippen LogP contribution in [0.3, 0.4) is 0 Å². The molecule has 1 aromatic carbocycles. The van der Waals surface area contributed by atoms with E-state index in [-0.39, 0.29) is 24.0 Å². The normalized spacial score (nSPS) is 14.4. The summed E-state index contributed by atoms with van der Waals surface area (Å²) in [4.78, 5) is 16.5. The average molecular weight is 429 g/mol. The summed E-state index contributed by atoms with van der Waals surface area (Å²) >= 11 is 0. The smallest absolute Gasteiger partial charge is 0.252 e. The Balaban J connectivity index is 1.47. The summed E-state index contributed by atoms with van der Waals surface area (Å²) in [5, 5.41) is 2.67. The number of ether oxygens (including phenoxy) is 2. The van der Waals surface area contributed by atoms with Crippen molar-refractivity contribution in [2.45, 2.75) is 11.8 Å². The van der Waals surface area contributed by atoms with Crippen molar-refractivity contribution in [2.24, 2.45) is 0 Å². The maximum absolute atomic E-state index is 12.6. The summed E-state index contributed by atoms with van der Waals surface area (Å²) in [7, 11) is -3.58. The number of aryl methyl sites for hydroxylation is 1. The zero-order chi connectivity index (χ0) is 21.4. The molecule has 1 aliphatic heterocycles. The highest BCUT2D eigenvalue weighted by molar-refractivity contribution is 7.89. The van der Waals surface area contributed by atoms with Gasteiger partial charge in [-0.25, -0.2) is 8.42 Å². The summed E-state index contributed by atoms with van der Waals surface area (Å²) in [5.41, 5.74) is 1.27. The van der Waals surface area contributed by atoms with E-state index in [1.165, 1.54) is 28.6 Å². The summed E-state index contributed by atoms with van der Waals surface area (Å²) in [6.07, 6.45) is 1.63. The lowest BCUT2D eigenvalue weighted by Gasteiger charge is -2.26. The van der Waals surface area contributed by atoms with Gasteiger partial charge in [0.1, 0.15) is 12.4 Å². The zero-order valence-corrected chi connectivity index (χ0v) is 17.4. The maximum Gasteiger partial charge on any atom is 0.252 e. The molecule has 2 heterocycles. The van der Waals surface area contributed by atoms with Crippen molar-refractivity contribution in [3.63, 3.8) is 0 Å². The minimum Gasteiger partial charge on any atom is -0.479 e. The number of benzene rings is 1. The first-order valence-corrected chi connectivity index (χ1v) is 10.9. The van der Waals surface area contributed by atoms with Gasteiger partial charge in [0.05, 0.1) is 30.9 Å². The van der Waals surface area contributed by atoms with E-state index < -0.39 is 10.0 Å². The molecular formula is C21H23N3O5S. The molecule has 158 valence electrons. The molecule has 0 atom stereocenters. The number of pyridine rings is 1. The van der Waals surface area contributed by atoms with Gasteiger partial charge in [-0.15, -0.1) is 0 Å². The van der Waals surface area contributed by atoms with Crippen molar-refractivity contribution in [3.05, 3.63) is 53.9 Å². The molecule has 0 unspecified atom stereocenters. The Labute approximate surface area is 176 Å². The molecule has 9 heteroatoms. The number of amides is 1. The molecule has 8 nitrogen and oxygen atoms in total. The van der Waals surface area contributed by atoms with Crippen LogP contribution in [0.1, 0.15) is 16.1 Å². The summed E-state index contributed by atoms with van der Waals surface area (Å²) < 4.78 is 37.2. The molecule has 1 N–H and O–H groups in total. The molecule has 0 bridgehead atoms. The predicted octanol–water partition coefficient (Wildman–Crippen LogP) is 1.22. The molecule has 0 saturated carbocycles. The third kappa shape index (κ3) is 5.79. The van der Waals surface area contributed by atoms with Crippen LogP contribution in [0.15, 0.2) is 47.5 Å². The molecule has 2 aromatic rings. The minimum atomic E-state index is -3.58. The molecule has 1 amide bonds. The molecule has 3 rings (SSSR count). The van der Waals surface area contributed by atoms with Gasteiger partial charge in [-0.2, -0.15) is 4.31 Å². The van der Waals surface area contributed by atoms with Crippen LogP contribution in [0.25, 0.3) is 0 Å². The van der Waals surface area contributed by atoms with Gasteiger partial charge in [-0.3, -0.25) is 9.78 Å². The van der Waals surface area contributed by atoms with E-state index in [9.17, 15) is 13.2 Å². The van der Waals surface area contributed by atoms with Crippen molar-refractivity contribution < 1.29 is 22.7 Å². The van der Waals surface area contributed by atoms with E-state index in [4.69, 9.17) is 9.47 Å². The molecule has 0 aliphatic carbocycles. The van der Waals surface area contributed by atoms with Crippen molar-refractivity contribution in [1.82, 2.24) is 14.6 Å². The number of sulfonamides is 1. The third-order valence-corrected chi connectivity index (χ3v) is 6.29. The first-order valence-electron chi connectivity index (χ1n) is 9.44. The van der Waals surface area contributed by atoms with Gasteiger partial charge in [0, 0.05) is 24.3 Å². The largest absolute Gasteiger partial charge is 0.479 e. The van der Waals surface area contributed by atoms with Crippen molar-refractivity contribution in [3.8, 4) is 17.6 Å². The van der Waals surface area contributed by atoms with Gasteiger partial charge in [-0.05, 0) is 43.3 Å². The Morgan fingerprint density at radius 3 is 2.57 bits per heavy atom. The Bertz CT molecular complexity index is 1020. The highest BCUT2D eigenvalue weighted by atomic mass is 32.2. The minimum absolute atomic E-state index is 0.155. The van der Waals surface area contributed by atoms with Gasteiger partial charge >= 0.3 is 0 Å². The van der Waals surface area contributed by atoms with Crippen LogP contribution in [0.5, 0.6) is 5.75 Å². The van der Waals surface area contributed by atoms with Crippen molar-refractivity contribution >= 4 is 15.9 Å². The number of carbonyl (C=O) groups excluding carboxylic acids is 1. The fraction of sp³-hybridized carbons (Fsp3) is 0.333. The monoisotopic (exact) mass is 429 g/mol. The van der Waals surface area contributed by atoms with E-state index in [2.05, 4.69) is 22.1 Å². The molecule has 1 aliphatic rings. The predicted molar refractivity (Wildman–Crippen MR) is 111 cm³/mol.